The number of benzene rings is 3. The minimum absolute atomic E-state index is 0.202. The van der Waals surface area contributed by atoms with Gasteiger partial charge in [0.2, 0.25) is 0 Å². The van der Waals surface area contributed by atoms with Gasteiger partial charge in [0.15, 0.2) is 0 Å². The summed E-state index contributed by atoms with van der Waals surface area (Å²) in [5, 5.41) is 9.65. The molecule has 3 aromatic rings. The van der Waals surface area contributed by atoms with Crippen LogP contribution >= 0.6 is 7.44 Å². The van der Waals surface area contributed by atoms with Gasteiger partial charge in [0, 0.05) is 24.5 Å². The van der Waals surface area contributed by atoms with E-state index in [1.807, 2.05) is 91.0 Å². The van der Waals surface area contributed by atoms with E-state index in [4.69, 9.17) is 0 Å². The zero-order valence-corrected chi connectivity index (χ0v) is 17.2. The summed E-state index contributed by atoms with van der Waals surface area (Å²) in [5.41, 5.74) is 2.43. The molecule has 1 fully saturated rings. The van der Waals surface area contributed by atoms with Crippen LogP contribution in [0.15, 0.2) is 91.0 Å². The molecular weight excluding hydrogens is 377 g/mol. The number of hydrogen-bond donors (Lipinski definition) is 0. The summed E-state index contributed by atoms with van der Waals surface area (Å²) in [6.45, 7) is 1.42. The van der Waals surface area contributed by atoms with Crippen molar-refractivity contribution in [2.75, 3.05) is 22.4 Å². The first-order chi connectivity index (χ1) is 14.2. The van der Waals surface area contributed by atoms with Gasteiger partial charge in [-0.1, -0.05) is 66.7 Å². The topological polar surface area (TPSA) is 47.3 Å². The Morgan fingerprint density at radius 3 is 1.69 bits per heavy atom. The largest absolute Gasteiger partial charge is 0.306 e. The van der Waals surface area contributed by atoms with E-state index in [2.05, 4.69) is 15.4 Å². The van der Waals surface area contributed by atoms with E-state index >= 15 is 4.57 Å². The van der Waals surface area contributed by atoms with Gasteiger partial charge in [-0.05, 0) is 36.2 Å². The molecule has 146 valence electrons. The zero-order chi connectivity index (χ0) is 20.1. The van der Waals surface area contributed by atoms with Crippen molar-refractivity contribution in [2.24, 2.45) is 0 Å². The highest BCUT2D eigenvalue weighted by atomic mass is 31.2. The Kier molecular flexibility index (Phi) is 5.69. The highest BCUT2D eigenvalue weighted by Crippen LogP contribution is 2.68. The molecule has 0 aromatic heterocycles. The van der Waals surface area contributed by atoms with E-state index < -0.39 is 13.1 Å². The number of nitriles is 1. The summed E-state index contributed by atoms with van der Waals surface area (Å²) < 4.78 is 19.2. The summed E-state index contributed by atoms with van der Waals surface area (Å²) >= 11 is 0. The first-order valence-corrected chi connectivity index (χ1v) is 11.6. The number of nitrogens with zero attached hydrogens (tertiary/aromatic N) is 3. The van der Waals surface area contributed by atoms with Crippen molar-refractivity contribution in [3.8, 4) is 6.07 Å². The monoisotopic (exact) mass is 401 g/mol. The van der Waals surface area contributed by atoms with Crippen LogP contribution in [0.2, 0.25) is 0 Å². The molecule has 0 aliphatic carbocycles. The van der Waals surface area contributed by atoms with Gasteiger partial charge >= 0.3 is 0 Å². The number of para-hydroxylation sites is 2. The van der Waals surface area contributed by atoms with E-state index in [0.29, 0.717) is 13.1 Å². The average molecular weight is 401 g/mol. The van der Waals surface area contributed by atoms with Gasteiger partial charge in [-0.3, -0.25) is 4.57 Å². The molecule has 29 heavy (non-hydrogen) atoms. The fourth-order valence-electron chi connectivity index (χ4n) is 4.11. The minimum Gasteiger partial charge on any atom is -0.306 e. The first kappa shape index (κ1) is 19.3. The zero-order valence-electron chi connectivity index (χ0n) is 16.3. The summed E-state index contributed by atoms with van der Waals surface area (Å²) in [4.78, 5) is 0. The van der Waals surface area contributed by atoms with E-state index in [0.717, 1.165) is 23.4 Å². The van der Waals surface area contributed by atoms with Crippen LogP contribution in [-0.4, -0.2) is 13.1 Å². The molecule has 4 nitrogen and oxygen atoms in total. The fraction of sp³-hybridized carbons (Fsp3) is 0.208. The van der Waals surface area contributed by atoms with Crippen molar-refractivity contribution in [2.45, 2.75) is 18.5 Å². The molecule has 1 atom stereocenters. The lowest BCUT2D eigenvalue weighted by atomic mass is 10.1. The van der Waals surface area contributed by atoms with Crippen molar-refractivity contribution in [3.63, 3.8) is 0 Å². The van der Waals surface area contributed by atoms with Crippen LogP contribution < -0.4 is 9.34 Å². The second-order valence-corrected chi connectivity index (χ2v) is 9.92. The van der Waals surface area contributed by atoms with Crippen molar-refractivity contribution in [1.82, 2.24) is 0 Å². The predicted octanol–water partition coefficient (Wildman–Crippen LogP) is 6.25. The normalized spacial score (nSPS) is 16.8. The molecule has 0 radical (unpaired) electrons. The third-order valence-corrected chi connectivity index (χ3v) is 8.95. The molecule has 0 amide bonds. The lowest BCUT2D eigenvalue weighted by Crippen LogP contribution is -2.41. The molecule has 3 aromatic carbocycles. The molecule has 4 rings (SSSR count). The third kappa shape index (κ3) is 3.67. The molecule has 1 heterocycles. The van der Waals surface area contributed by atoms with Crippen molar-refractivity contribution in [3.05, 3.63) is 96.6 Å². The summed E-state index contributed by atoms with van der Waals surface area (Å²) in [6.07, 6.45) is 1.11. The lowest BCUT2D eigenvalue weighted by Gasteiger charge is -2.48. The molecule has 0 N–H and O–H groups in total. The van der Waals surface area contributed by atoms with Crippen molar-refractivity contribution < 1.29 is 4.57 Å². The molecule has 1 unspecified atom stereocenters. The molecule has 5 heteroatoms. The third-order valence-electron chi connectivity index (χ3n) is 5.42. The van der Waals surface area contributed by atoms with Gasteiger partial charge in [0.1, 0.15) is 0 Å². The molecule has 0 saturated carbocycles. The van der Waals surface area contributed by atoms with E-state index in [1.165, 1.54) is 0 Å². The Morgan fingerprint density at radius 2 is 1.24 bits per heavy atom. The Bertz CT molecular complexity index is 967. The van der Waals surface area contributed by atoms with Crippen molar-refractivity contribution >= 4 is 18.8 Å². The SMILES string of the molecule is N#CCC(c1ccccc1)P1(=O)N(c2ccccc2)CCCN1c1ccccc1. The molecule has 1 aliphatic heterocycles. The standard InChI is InChI=1S/C24H24N3OP/c25-18-17-24(21-11-4-1-5-12-21)29(28)26(22-13-6-2-7-14-22)19-10-20-27(29)23-15-8-3-9-16-23/h1-9,11-16,24H,10,17,19-20H2. The second-order valence-electron chi connectivity index (χ2n) is 7.15. The second kappa shape index (κ2) is 8.55. The summed E-state index contributed by atoms with van der Waals surface area (Å²) in [5.74, 6) is 0. The maximum atomic E-state index is 15.1. The highest BCUT2D eigenvalue weighted by Gasteiger charge is 2.47. The maximum Gasteiger partial charge on any atom is 0.271 e. The number of anilines is 2. The van der Waals surface area contributed by atoms with Crippen LogP contribution in [0.1, 0.15) is 24.1 Å². The van der Waals surface area contributed by atoms with Gasteiger partial charge in [-0.25, -0.2) is 0 Å². The Morgan fingerprint density at radius 1 is 0.793 bits per heavy atom. The van der Waals surface area contributed by atoms with Gasteiger partial charge in [0.25, 0.3) is 7.44 Å². The molecule has 1 aliphatic rings. The Labute approximate surface area is 172 Å². The van der Waals surface area contributed by atoms with Crippen LogP contribution in [-0.2, 0) is 4.57 Å². The van der Waals surface area contributed by atoms with Crippen LogP contribution in [0.3, 0.4) is 0 Å². The van der Waals surface area contributed by atoms with E-state index in [9.17, 15) is 5.26 Å². The van der Waals surface area contributed by atoms with E-state index in [1.54, 1.807) is 0 Å². The Hall–Kier alpha value is -3.02. The predicted molar refractivity (Wildman–Crippen MR) is 119 cm³/mol. The van der Waals surface area contributed by atoms with Crippen LogP contribution in [0, 0.1) is 11.3 Å². The van der Waals surface area contributed by atoms with Gasteiger partial charge < -0.3 is 9.34 Å². The van der Waals surface area contributed by atoms with Crippen LogP contribution in [0.5, 0.6) is 0 Å². The molecular formula is C24H24N3OP. The smallest absolute Gasteiger partial charge is 0.271 e. The van der Waals surface area contributed by atoms with Crippen LogP contribution in [0.25, 0.3) is 0 Å². The fourth-order valence-corrected chi connectivity index (χ4v) is 7.70. The summed E-state index contributed by atoms with van der Waals surface area (Å²) in [7, 11) is -3.18. The maximum absolute atomic E-state index is 15.1. The number of hydrogen-bond acceptors (Lipinski definition) is 2. The quantitative estimate of drug-likeness (QED) is 0.474. The van der Waals surface area contributed by atoms with E-state index in [-0.39, 0.29) is 6.42 Å². The molecule has 1 saturated heterocycles. The Balaban J connectivity index is 1.91. The lowest BCUT2D eigenvalue weighted by molar-refractivity contribution is 0.547. The summed E-state index contributed by atoms with van der Waals surface area (Å²) in [6, 6.07) is 32.0. The van der Waals surface area contributed by atoms with Gasteiger partial charge in [-0.2, -0.15) is 5.26 Å². The number of rotatable bonds is 5. The highest BCUT2D eigenvalue weighted by molar-refractivity contribution is 7.67. The van der Waals surface area contributed by atoms with Crippen molar-refractivity contribution in [1.29, 1.82) is 5.26 Å². The van der Waals surface area contributed by atoms with Gasteiger partial charge in [0.05, 0.1) is 18.1 Å². The molecule has 0 spiro atoms. The minimum atomic E-state index is -3.18. The molecule has 0 bridgehead atoms. The first-order valence-electron chi connectivity index (χ1n) is 9.93. The van der Waals surface area contributed by atoms with Crippen LogP contribution in [0.4, 0.5) is 11.4 Å². The average Bonchev–Trinajstić information content (AvgIpc) is 2.79. The van der Waals surface area contributed by atoms with Gasteiger partial charge in [-0.15, -0.1) is 0 Å².